The van der Waals surface area contributed by atoms with Crippen molar-refractivity contribution in [2.75, 3.05) is 49.6 Å². The van der Waals surface area contributed by atoms with E-state index in [0.29, 0.717) is 28.9 Å². The summed E-state index contributed by atoms with van der Waals surface area (Å²) < 4.78 is 20.4. The van der Waals surface area contributed by atoms with E-state index in [1.807, 2.05) is 20.8 Å². The number of amides is 2. The molecule has 2 amide bonds. The van der Waals surface area contributed by atoms with E-state index >= 15 is 0 Å². The van der Waals surface area contributed by atoms with E-state index in [0.717, 1.165) is 64.8 Å². The quantitative estimate of drug-likeness (QED) is 0.376. The van der Waals surface area contributed by atoms with Crippen molar-refractivity contribution >= 4 is 23.5 Å². The zero-order valence-electron chi connectivity index (χ0n) is 26.9. The van der Waals surface area contributed by atoms with Gasteiger partial charge in [-0.2, -0.15) is 0 Å². The van der Waals surface area contributed by atoms with Gasteiger partial charge in [0.1, 0.15) is 12.1 Å². The molecule has 3 fully saturated rings. The SMILES string of the molecule is CC(C)C(=O)N(C)c1cc(F)ccc1Oc1cncnc1N1CC2(CN(CC[C@H]3CC[C@H](N(C(=O)O)C(C)(C)C)CC3)C2)C1. The zero-order chi connectivity index (χ0) is 31.8. The van der Waals surface area contributed by atoms with Gasteiger partial charge in [0.15, 0.2) is 17.3 Å². The van der Waals surface area contributed by atoms with Crippen molar-refractivity contribution in [1.29, 1.82) is 0 Å². The normalized spacial score (nSPS) is 21.5. The van der Waals surface area contributed by atoms with Gasteiger partial charge in [-0.3, -0.25) is 4.79 Å². The van der Waals surface area contributed by atoms with E-state index in [1.165, 1.54) is 29.4 Å². The minimum Gasteiger partial charge on any atom is -0.465 e. The molecule has 0 atom stereocenters. The summed E-state index contributed by atoms with van der Waals surface area (Å²) in [5, 5.41) is 9.74. The Labute approximate surface area is 260 Å². The smallest absolute Gasteiger partial charge is 0.407 e. The summed E-state index contributed by atoms with van der Waals surface area (Å²) >= 11 is 0. The van der Waals surface area contributed by atoms with Crippen LogP contribution in [0.1, 0.15) is 66.7 Å². The molecule has 44 heavy (non-hydrogen) atoms. The van der Waals surface area contributed by atoms with Gasteiger partial charge in [0.2, 0.25) is 5.91 Å². The van der Waals surface area contributed by atoms with Gasteiger partial charge in [-0.15, -0.1) is 0 Å². The minimum absolute atomic E-state index is 0.116. The molecule has 2 aliphatic heterocycles. The van der Waals surface area contributed by atoms with Crippen LogP contribution in [-0.2, 0) is 4.79 Å². The number of carbonyl (C=O) groups is 2. The van der Waals surface area contributed by atoms with Crippen LogP contribution in [0.5, 0.6) is 11.5 Å². The Morgan fingerprint density at radius 1 is 1.11 bits per heavy atom. The van der Waals surface area contributed by atoms with Crippen molar-refractivity contribution in [3.05, 3.63) is 36.5 Å². The number of hydrogen-bond acceptors (Lipinski definition) is 7. The fraction of sp³-hybridized carbons (Fsp3) is 0.636. The number of aromatic nitrogens is 2. The molecule has 0 unspecified atom stereocenters. The average Bonchev–Trinajstić information content (AvgIpc) is 2.92. The number of carbonyl (C=O) groups excluding carboxylic acids is 1. The Morgan fingerprint density at radius 2 is 1.80 bits per heavy atom. The summed E-state index contributed by atoms with van der Waals surface area (Å²) in [6, 6.07) is 4.28. The molecular formula is C33H47FN6O4. The molecule has 1 saturated carbocycles. The van der Waals surface area contributed by atoms with Gasteiger partial charge in [0.05, 0.1) is 11.9 Å². The molecular weight excluding hydrogens is 563 g/mol. The maximum Gasteiger partial charge on any atom is 0.407 e. The Balaban J connectivity index is 1.12. The van der Waals surface area contributed by atoms with E-state index in [1.54, 1.807) is 32.0 Å². The predicted molar refractivity (Wildman–Crippen MR) is 168 cm³/mol. The number of ether oxygens (including phenoxy) is 1. The Morgan fingerprint density at radius 3 is 2.41 bits per heavy atom. The molecule has 1 aromatic carbocycles. The fourth-order valence-electron chi connectivity index (χ4n) is 7.30. The third-order valence-electron chi connectivity index (χ3n) is 9.42. The highest BCUT2D eigenvalue weighted by Gasteiger charge is 2.52. The van der Waals surface area contributed by atoms with E-state index < -0.39 is 11.9 Å². The first-order chi connectivity index (χ1) is 20.8. The second kappa shape index (κ2) is 12.5. The summed E-state index contributed by atoms with van der Waals surface area (Å²) in [4.78, 5) is 41.0. The highest BCUT2D eigenvalue weighted by molar-refractivity contribution is 5.95. The number of rotatable bonds is 9. The van der Waals surface area contributed by atoms with Crippen LogP contribution < -0.4 is 14.5 Å². The van der Waals surface area contributed by atoms with E-state index in [4.69, 9.17) is 4.74 Å². The van der Waals surface area contributed by atoms with E-state index in [9.17, 15) is 19.1 Å². The van der Waals surface area contributed by atoms with E-state index in [-0.39, 0.29) is 28.8 Å². The van der Waals surface area contributed by atoms with Gasteiger partial charge in [0, 0.05) is 62.2 Å². The predicted octanol–water partition coefficient (Wildman–Crippen LogP) is 5.88. The topological polar surface area (TPSA) is 102 Å². The highest BCUT2D eigenvalue weighted by Crippen LogP contribution is 2.45. The molecule has 240 valence electrons. The second-order valence-corrected chi connectivity index (χ2v) is 14.3. The lowest BCUT2D eigenvalue weighted by Gasteiger charge is -2.61. The Kier molecular flexibility index (Phi) is 9.07. The molecule has 3 heterocycles. The monoisotopic (exact) mass is 610 g/mol. The first-order valence-corrected chi connectivity index (χ1v) is 15.8. The zero-order valence-corrected chi connectivity index (χ0v) is 26.9. The van der Waals surface area contributed by atoms with Crippen molar-refractivity contribution < 1.29 is 23.8 Å². The van der Waals surface area contributed by atoms with Gasteiger partial charge < -0.3 is 29.4 Å². The van der Waals surface area contributed by atoms with Crippen LogP contribution in [0, 0.1) is 23.1 Å². The molecule has 1 aromatic heterocycles. The fourth-order valence-corrected chi connectivity index (χ4v) is 7.30. The second-order valence-electron chi connectivity index (χ2n) is 14.3. The number of hydrogen-bond donors (Lipinski definition) is 1. The van der Waals surface area contributed by atoms with Crippen LogP contribution in [-0.4, -0.2) is 88.2 Å². The van der Waals surface area contributed by atoms with Gasteiger partial charge >= 0.3 is 6.09 Å². The van der Waals surface area contributed by atoms with Gasteiger partial charge in [-0.05, 0) is 77.5 Å². The molecule has 1 aliphatic carbocycles. The molecule has 5 rings (SSSR count). The minimum atomic E-state index is -0.812. The summed E-state index contributed by atoms with van der Waals surface area (Å²) in [6.07, 6.45) is 7.53. The van der Waals surface area contributed by atoms with Crippen molar-refractivity contribution in [3.8, 4) is 11.5 Å². The molecule has 1 N–H and O–H groups in total. The molecule has 0 bridgehead atoms. The Hall–Kier alpha value is -3.47. The summed E-state index contributed by atoms with van der Waals surface area (Å²) in [5.74, 6) is 1.36. The maximum atomic E-state index is 14.2. The van der Waals surface area contributed by atoms with Crippen molar-refractivity contribution in [2.45, 2.75) is 78.3 Å². The van der Waals surface area contributed by atoms with Crippen LogP contribution in [0.3, 0.4) is 0 Å². The molecule has 2 aromatic rings. The summed E-state index contributed by atoms with van der Waals surface area (Å²) in [5.41, 5.74) is 0.230. The van der Waals surface area contributed by atoms with Crippen LogP contribution in [0.4, 0.5) is 20.7 Å². The Bertz CT molecular complexity index is 1340. The van der Waals surface area contributed by atoms with Crippen LogP contribution in [0.25, 0.3) is 0 Å². The van der Waals surface area contributed by atoms with Gasteiger partial charge in [0.25, 0.3) is 0 Å². The number of likely N-dealkylation sites (tertiary alicyclic amines) is 1. The average molecular weight is 611 g/mol. The number of halogens is 1. The first kappa shape index (κ1) is 31.9. The molecule has 1 spiro atoms. The molecule has 0 radical (unpaired) electrons. The number of benzene rings is 1. The van der Waals surface area contributed by atoms with E-state index in [2.05, 4.69) is 19.8 Å². The molecule has 11 heteroatoms. The van der Waals surface area contributed by atoms with Crippen molar-refractivity contribution in [2.24, 2.45) is 17.3 Å². The van der Waals surface area contributed by atoms with Crippen molar-refractivity contribution in [1.82, 2.24) is 19.8 Å². The standard InChI is InChI=1S/C33H47FN6O4/c1-22(2)30(41)37(6)26-15-24(34)9-12-27(26)44-28-16-35-21-36-29(28)39-19-33(20-39)17-38(18-33)14-13-23-7-10-25(11-8-23)40(31(42)43)32(3,4)5/h9,12,15-16,21-23,25H,7-8,10-11,13-14,17-20H2,1-6H3,(H,42,43)/t23-,25-. The maximum absolute atomic E-state index is 14.2. The van der Waals surface area contributed by atoms with Gasteiger partial charge in [-0.25, -0.2) is 19.2 Å². The largest absolute Gasteiger partial charge is 0.465 e. The first-order valence-electron chi connectivity index (χ1n) is 15.8. The molecule has 3 aliphatic rings. The van der Waals surface area contributed by atoms with Crippen LogP contribution in [0.2, 0.25) is 0 Å². The summed E-state index contributed by atoms with van der Waals surface area (Å²) in [7, 11) is 1.62. The lowest BCUT2D eigenvalue weighted by Crippen LogP contribution is -2.72. The van der Waals surface area contributed by atoms with Crippen molar-refractivity contribution in [3.63, 3.8) is 0 Å². The molecule has 2 saturated heterocycles. The summed E-state index contributed by atoms with van der Waals surface area (Å²) in [6.45, 7) is 14.5. The third-order valence-corrected chi connectivity index (χ3v) is 9.42. The number of nitrogens with zero attached hydrogens (tertiary/aromatic N) is 6. The number of carboxylic acid groups (broad SMARTS) is 1. The van der Waals surface area contributed by atoms with Gasteiger partial charge in [-0.1, -0.05) is 13.8 Å². The lowest BCUT2D eigenvalue weighted by atomic mass is 9.72. The number of anilines is 2. The highest BCUT2D eigenvalue weighted by atomic mass is 19.1. The third kappa shape index (κ3) is 6.77. The van der Waals surface area contributed by atoms with Crippen LogP contribution in [0.15, 0.2) is 30.7 Å². The molecule has 10 nitrogen and oxygen atoms in total. The van der Waals surface area contributed by atoms with Crippen LogP contribution >= 0.6 is 0 Å². The lowest BCUT2D eigenvalue weighted by molar-refractivity contribution is -0.121.